The van der Waals surface area contributed by atoms with Gasteiger partial charge in [-0.05, 0) is 27.2 Å². The minimum Gasteiger partial charge on any atom is -0.355 e. The van der Waals surface area contributed by atoms with Gasteiger partial charge in [0, 0.05) is 43.3 Å². The fraction of sp³-hybridized carbons (Fsp3) is 0.533. The van der Waals surface area contributed by atoms with E-state index in [4.69, 9.17) is 0 Å². The van der Waals surface area contributed by atoms with Crippen molar-refractivity contribution < 1.29 is 0 Å². The highest BCUT2D eigenvalue weighted by Gasteiger charge is 2.18. The molecule has 0 atom stereocenters. The first-order valence-electron chi connectivity index (χ1n) is 7.36. The van der Waals surface area contributed by atoms with Crippen molar-refractivity contribution in [2.24, 2.45) is 0 Å². The highest BCUT2D eigenvalue weighted by molar-refractivity contribution is 7.13. The molecule has 0 N–H and O–H groups in total. The third-order valence-corrected chi connectivity index (χ3v) is 4.67. The average molecular weight is 303 g/mol. The van der Waals surface area contributed by atoms with Gasteiger partial charge in [0.2, 0.25) is 0 Å². The Labute approximate surface area is 129 Å². The van der Waals surface area contributed by atoms with Gasteiger partial charge in [-0.15, -0.1) is 11.3 Å². The molecule has 1 fully saturated rings. The summed E-state index contributed by atoms with van der Waals surface area (Å²) >= 11 is 1.74. The van der Waals surface area contributed by atoms with Crippen LogP contribution in [0.3, 0.4) is 0 Å². The van der Waals surface area contributed by atoms with E-state index in [0.717, 1.165) is 60.8 Å². The zero-order valence-corrected chi connectivity index (χ0v) is 13.7. The second-order valence-electron chi connectivity index (χ2n) is 5.51. The maximum absolute atomic E-state index is 4.60. The molecule has 3 rings (SSSR count). The monoisotopic (exact) mass is 303 g/mol. The van der Waals surface area contributed by atoms with Gasteiger partial charge in [0.1, 0.15) is 11.6 Å². The Morgan fingerprint density at radius 2 is 1.67 bits per heavy atom. The zero-order valence-electron chi connectivity index (χ0n) is 12.8. The van der Waals surface area contributed by atoms with E-state index in [1.165, 1.54) is 0 Å². The second kappa shape index (κ2) is 5.97. The first-order valence-corrected chi connectivity index (χ1v) is 8.24. The van der Waals surface area contributed by atoms with Crippen molar-refractivity contribution in [3.63, 3.8) is 0 Å². The SMILES string of the molecule is Cc1cc(N2CCCN(c3nc(C)cs3)CC2)nc(C)n1. The van der Waals surface area contributed by atoms with Crippen molar-refractivity contribution in [3.8, 4) is 0 Å². The molecule has 2 aromatic rings. The molecule has 0 spiro atoms. The molecule has 0 bridgehead atoms. The number of aromatic nitrogens is 3. The minimum absolute atomic E-state index is 0.849. The van der Waals surface area contributed by atoms with Gasteiger partial charge in [-0.25, -0.2) is 15.0 Å². The molecule has 5 nitrogen and oxygen atoms in total. The summed E-state index contributed by atoms with van der Waals surface area (Å²) in [6.07, 6.45) is 1.13. The standard InChI is InChI=1S/C15H21N5S/c1-11-9-14(18-13(3)16-11)19-5-4-6-20(8-7-19)15-17-12(2)10-21-15/h9-10H,4-8H2,1-3H3. The Bertz CT molecular complexity index is 604. The van der Waals surface area contributed by atoms with Crippen LogP contribution in [0.25, 0.3) is 0 Å². The second-order valence-corrected chi connectivity index (χ2v) is 6.35. The average Bonchev–Trinajstić information content (AvgIpc) is 2.72. The molecule has 1 aliphatic rings. The summed E-state index contributed by atoms with van der Waals surface area (Å²) in [5, 5.41) is 3.26. The Hall–Kier alpha value is -1.69. The summed E-state index contributed by atoms with van der Waals surface area (Å²) in [5.41, 5.74) is 2.15. The van der Waals surface area contributed by atoms with Crippen LogP contribution in [0.15, 0.2) is 11.4 Å². The first-order chi connectivity index (χ1) is 10.1. The molecule has 0 aliphatic carbocycles. The molecular formula is C15H21N5S. The van der Waals surface area contributed by atoms with Gasteiger partial charge in [0.15, 0.2) is 5.13 Å². The van der Waals surface area contributed by atoms with Gasteiger partial charge in [-0.1, -0.05) is 0 Å². The third kappa shape index (κ3) is 3.32. The summed E-state index contributed by atoms with van der Waals surface area (Å²) in [4.78, 5) is 18.3. The van der Waals surface area contributed by atoms with Crippen LogP contribution in [-0.4, -0.2) is 41.1 Å². The highest BCUT2D eigenvalue weighted by Crippen LogP contribution is 2.22. The van der Waals surface area contributed by atoms with Gasteiger partial charge in [0.05, 0.1) is 5.69 Å². The van der Waals surface area contributed by atoms with E-state index in [0.29, 0.717) is 0 Å². The van der Waals surface area contributed by atoms with Crippen molar-refractivity contribution in [2.45, 2.75) is 27.2 Å². The molecule has 2 aromatic heterocycles. The van der Waals surface area contributed by atoms with E-state index >= 15 is 0 Å². The summed E-state index contributed by atoms with van der Waals surface area (Å²) in [5.74, 6) is 1.90. The number of thiazole rings is 1. The van der Waals surface area contributed by atoms with Crippen LogP contribution in [0.4, 0.5) is 10.9 Å². The first kappa shape index (κ1) is 14.3. The summed E-state index contributed by atoms with van der Waals surface area (Å²) in [6, 6.07) is 2.08. The lowest BCUT2D eigenvalue weighted by Gasteiger charge is -2.23. The zero-order chi connectivity index (χ0) is 14.8. The molecule has 0 radical (unpaired) electrons. The summed E-state index contributed by atoms with van der Waals surface area (Å²) in [6.45, 7) is 10.1. The van der Waals surface area contributed by atoms with Crippen LogP contribution in [0.2, 0.25) is 0 Å². The van der Waals surface area contributed by atoms with Crippen LogP contribution < -0.4 is 9.80 Å². The molecule has 0 amide bonds. The lowest BCUT2D eigenvalue weighted by molar-refractivity contribution is 0.789. The minimum atomic E-state index is 0.849. The predicted octanol–water partition coefficient (Wildman–Crippen LogP) is 2.58. The molecule has 0 unspecified atom stereocenters. The van der Waals surface area contributed by atoms with E-state index in [9.17, 15) is 0 Å². The quantitative estimate of drug-likeness (QED) is 0.853. The Balaban J connectivity index is 1.73. The molecule has 3 heterocycles. The topological polar surface area (TPSA) is 45.2 Å². The molecule has 1 aliphatic heterocycles. The molecule has 21 heavy (non-hydrogen) atoms. The van der Waals surface area contributed by atoms with Crippen LogP contribution >= 0.6 is 11.3 Å². The van der Waals surface area contributed by atoms with Crippen molar-refractivity contribution in [2.75, 3.05) is 36.0 Å². The van der Waals surface area contributed by atoms with Crippen molar-refractivity contribution in [1.29, 1.82) is 0 Å². The number of rotatable bonds is 2. The number of aryl methyl sites for hydroxylation is 3. The number of hydrogen-bond acceptors (Lipinski definition) is 6. The van der Waals surface area contributed by atoms with Gasteiger partial charge in [-0.3, -0.25) is 0 Å². The van der Waals surface area contributed by atoms with Crippen molar-refractivity contribution in [1.82, 2.24) is 15.0 Å². The van der Waals surface area contributed by atoms with E-state index in [1.54, 1.807) is 11.3 Å². The van der Waals surface area contributed by atoms with Crippen LogP contribution in [0, 0.1) is 20.8 Å². The fourth-order valence-corrected chi connectivity index (χ4v) is 3.54. The van der Waals surface area contributed by atoms with E-state index in [2.05, 4.69) is 43.1 Å². The Kier molecular flexibility index (Phi) is 4.05. The maximum Gasteiger partial charge on any atom is 0.185 e. The molecular weight excluding hydrogens is 282 g/mol. The number of hydrogen-bond donors (Lipinski definition) is 0. The Morgan fingerprint density at radius 1 is 0.905 bits per heavy atom. The van der Waals surface area contributed by atoms with Gasteiger partial charge in [0.25, 0.3) is 0 Å². The molecule has 0 aromatic carbocycles. The fourth-order valence-electron chi connectivity index (χ4n) is 2.68. The summed E-state index contributed by atoms with van der Waals surface area (Å²) < 4.78 is 0. The summed E-state index contributed by atoms with van der Waals surface area (Å²) in [7, 11) is 0. The van der Waals surface area contributed by atoms with E-state index in [-0.39, 0.29) is 0 Å². The highest BCUT2D eigenvalue weighted by atomic mass is 32.1. The van der Waals surface area contributed by atoms with Gasteiger partial charge >= 0.3 is 0 Å². The Morgan fingerprint density at radius 3 is 2.38 bits per heavy atom. The third-order valence-electron chi connectivity index (χ3n) is 3.65. The largest absolute Gasteiger partial charge is 0.355 e. The van der Waals surface area contributed by atoms with Crippen LogP contribution in [0.5, 0.6) is 0 Å². The smallest absolute Gasteiger partial charge is 0.185 e. The molecule has 112 valence electrons. The molecule has 1 saturated heterocycles. The molecule has 0 saturated carbocycles. The lowest BCUT2D eigenvalue weighted by Crippen LogP contribution is -2.31. The van der Waals surface area contributed by atoms with Gasteiger partial charge in [-0.2, -0.15) is 0 Å². The number of anilines is 2. The molecule has 6 heteroatoms. The normalized spacial score (nSPS) is 16.1. The maximum atomic E-state index is 4.60. The van der Waals surface area contributed by atoms with Gasteiger partial charge < -0.3 is 9.80 Å². The predicted molar refractivity (Wildman–Crippen MR) is 87.4 cm³/mol. The van der Waals surface area contributed by atoms with E-state index in [1.807, 2.05) is 13.8 Å². The lowest BCUT2D eigenvalue weighted by atomic mass is 10.3. The van der Waals surface area contributed by atoms with E-state index < -0.39 is 0 Å². The van der Waals surface area contributed by atoms with Crippen molar-refractivity contribution >= 4 is 22.3 Å². The van der Waals surface area contributed by atoms with Crippen molar-refractivity contribution in [3.05, 3.63) is 28.7 Å². The van der Waals surface area contributed by atoms with Crippen LogP contribution in [-0.2, 0) is 0 Å². The van der Waals surface area contributed by atoms with Crippen LogP contribution in [0.1, 0.15) is 23.6 Å². The number of nitrogens with zero attached hydrogens (tertiary/aromatic N) is 5.